The van der Waals surface area contributed by atoms with E-state index >= 15 is 0 Å². The number of hydrogen-bond donors (Lipinski definition) is 2. The van der Waals surface area contributed by atoms with Crippen molar-refractivity contribution in [2.75, 3.05) is 13.2 Å². The Kier molecular flexibility index (Phi) is 7.72. The molecule has 194 valence electrons. The Morgan fingerprint density at radius 2 is 2.06 bits per heavy atom. The molecule has 3 amide bonds. The fourth-order valence-electron chi connectivity index (χ4n) is 5.49. The number of likely N-dealkylation sites (tertiary alicyclic amines) is 1. The third kappa shape index (κ3) is 5.90. The molecule has 10 heteroatoms. The van der Waals surface area contributed by atoms with Gasteiger partial charge in [-0.3, -0.25) is 14.4 Å². The summed E-state index contributed by atoms with van der Waals surface area (Å²) in [7, 11) is 0. The molecular formula is C26H32Cl2N4O4. The summed E-state index contributed by atoms with van der Waals surface area (Å²) in [5.74, 6) is -0.761. The van der Waals surface area contributed by atoms with Crippen molar-refractivity contribution in [3.05, 3.63) is 28.2 Å². The van der Waals surface area contributed by atoms with Gasteiger partial charge in [-0.05, 0) is 76.0 Å². The lowest BCUT2D eigenvalue weighted by atomic mass is 9.67. The molecule has 1 aromatic rings. The minimum atomic E-state index is -0.812. The summed E-state index contributed by atoms with van der Waals surface area (Å²) in [6.07, 6.45) is 5.27. The molecule has 1 aliphatic carbocycles. The lowest BCUT2D eigenvalue weighted by molar-refractivity contribution is -0.140. The smallest absolute Gasteiger partial charge is 0.261 e. The maximum absolute atomic E-state index is 13.3. The topological polar surface area (TPSA) is 112 Å². The summed E-state index contributed by atoms with van der Waals surface area (Å²) in [6, 6.07) is 5.39. The molecule has 0 radical (unpaired) electrons. The Labute approximate surface area is 221 Å². The molecule has 8 nitrogen and oxygen atoms in total. The van der Waals surface area contributed by atoms with E-state index in [9.17, 15) is 19.6 Å². The summed E-state index contributed by atoms with van der Waals surface area (Å²) in [6.45, 7) is 4.16. The number of halogens is 2. The van der Waals surface area contributed by atoms with Gasteiger partial charge >= 0.3 is 0 Å². The normalized spacial score (nSPS) is 24.9. The first kappa shape index (κ1) is 26.6. The largest absolute Gasteiger partial charge is 0.482 e. The van der Waals surface area contributed by atoms with Gasteiger partial charge in [0.25, 0.3) is 5.91 Å². The molecule has 1 aromatic carbocycles. The van der Waals surface area contributed by atoms with Crippen LogP contribution in [0.2, 0.25) is 10.0 Å². The van der Waals surface area contributed by atoms with Crippen LogP contribution in [0.15, 0.2) is 18.2 Å². The number of nitrogens with one attached hydrogen (secondary N) is 2. The number of piperidine rings is 1. The Bertz CT molecular complexity index is 1080. The average molecular weight is 535 g/mol. The molecule has 2 saturated heterocycles. The van der Waals surface area contributed by atoms with Crippen molar-refractivity contribution in [1.82, 2.24) is 15.5 Å². The highest BCUT2D eigenvalue weighted by Gasteiger charge is 2.51. The first-order valence-electron chi connectivity index (χ1n) is 12.4. The van der Waals surface area contributed by atoms with Crippen LogP contribution in [0.25, 0.3) is 0 Å². The van der Waals surface area contributed by atoms with Gasteiger partial charge in [-0.2, -0.15) is 5.26 Å². The predicted molar refractivity (Wildman–Crippen MR) is 135 cm³/mol. The first-order valence-corrected chi connectivity index (χ1v) is 13.2. The number of rotatable bonds is 7. The fraction of sp³-hybridized carbons (Fsp3) is 0.615. The highest BCUT2D eigenvalue weighted by Crippen LogP contribution is 2.50. The van der Waals surface area contributed by atoms with Gasteiger partial charge in [0.15, 0.2) is 6.61 Å². The number of ether oxygens (including phenoxy) is 1. The van der Waals surface area contributed by atoms with Crippen molar-refractivity contribution < 1.29 is 19.1 Å². The first-order chi connectivity index (χ1) is 17.0. The van der Waals surface area contributed by atoms with E-state index < -0.39 is 12.1 Å². The van der Waals surface area contributed by atoms with Crippen LogP contribution in [0.3, 0.4) is 0 Å². The van der Waals surface area contributed by atoms with Gasteiger partial charge < -0.3 is 20.3 Å². The van der Waals surface area contributed by atoms with E-state index in [4.69, 9.17) is 27.9 Å². The summed E-state index contributed by atoms with van der Waals surface area (Å²) in [4.78, 5) is 40.5. The van der Waals surface area contributed by atoms with Crippen LogP contribution in [0.1, 0.15) is 58.8 Å². The molecule has 3 fully saturated rings. The Morgan fingerprint density at radius 3 is 2.67 bits per heavy atom. The number of nitrogens with zero attached hydrogens (tertiary/aromatic N) is 2. The molecule has 0 aromatic heterocycles. The van der Waals surface area contributed by atoms with Crippen molar-refractivity contribution in [3.8, 4) is 11.8 Å². The van der Waals surface area contributed by atoms with E-state index in [1.54, 1.807) is 17.0 Å². The summed E-state index contributed by atoms with van der Waals surface area (Å²) in [5, 5.41) is 16.3. The maximum Gasteiger partial charge on any atom is 0.261 e. The second-order valence-corrected chi connectivity index (χ2v) is 11.8. The van der Waals surface area contributed by atoms with Gasteiger partial charge in [-0.1, -0.05) is 29.6 Å². The SMILES string of the molecule is CC1(C)CC[C@@H](C[C@@H](C#N)NC(=O)[C@@H]2CC3(CCC3)CN2C(=O)COc2ccc(Cl)cc2Cl)C(=O)N1. The fourth-order valence-corrected chi connectivity index (χ4v) is 5.95. The highest BCUT2D eigenvalue weighted by atomic mass is 35.5. The third-order valence-electron chi connectivity index (χ3n) is 7.73. The minimum absolute atomic E-state index is 0.0629. The number of nitriles is 1. The zero-order valence-electron chi connectivity index (χ0n) is 20.6. The van der Waals surface area contributed by atoms with Crippen LogP contribution in [0.5, 0.6) is 5.75 Å². The average Bonchev–Trinajstić information content (AvgIpc) is 3.21. The minimum Gasteiger partial charge on any atom is -0.482 e. The molecule has 2 heterocycles. The summed E-state index contributed by atoms with van der Waals surface area (Å²) in [5.41, 5.74) is -0.328. The second kappa shape index (κ2) is 10.5. The quantitative estimate of drug-likeness (QED) is 0.551. The van der Waals surface area contributed by atoms with E-state index in [0.717, 1.165) is 25.7 Å². The molecule has 0 unspecified atom stereocenters. The number of benzene rings is 1. The van der Waals surface area contributed by atoms with Crippen molar-refractivity contribution in [3.63, 3.8) is 0 Å². The number of hydrogen-bond acceptors (Lipinski definition) is 5. The third-order valence-corrected chi connectivity index (χ3v) is 8.26. The zero-order valence-corrected chi connectivity index (χ0v) is 22.1. The van der Waals surface area contributed by atoms with Gasteiger partial charge in [0.2, 0.25) is 11.8 Å². The number of carbonyl (C=O) groups excluding carboxylic acids is 3. The highest BCUT2D eigenvalue weighted by molar-refractivity contribution is 6.35. The molecule has 2 aliphatic heterocycles. The van der Waals surface area contributed by atoms with Gasteiger partial charge in [0.1, 0.15) is 17.8 Å². The van der Waals surface area contributed by atoms with Crippen LogP contribution >= 0.6 is 23.2 Å². The van der Waals surface area contributed by atoms with Gasteiger partial charge in [0.05, 0.1) is 11.1 Å². The molecule has 3 atom stereocenters. The maximum atomic E-state index is 13.3. The second-order valence-electron chi connectivity index (χ2n) is 11.0. The van der Waals surface area contributed by atoms with Crippen LogP contribution in [0, 0.1) is 22.7 Å². The Hall–Kier alpha value is -2.50. The molecule has 1 spiro atoms. The zero-order chi connectivity index (χ0) is 26.1. The van der Waals surface area contributed by atoms with E-state index in [2.05, 4.69) is 16.7 Å². The number of amides is 3. The van der Waals surface area contributed by atoms with Gasteiger partial charge in [-0.25, -0.2) is 0 Å². The van der Waals surface area contributed by atoms with Gasteiger partial charge in [-0.15, -0.1) is 0 Å². The molecular weight excluding hydrogens is 503 g/mol. The van der Waals surface area contributed by atoms with Crippen molar-refractivity contribution >= 4 is 40.9 Å². The van der Waals surface area contributed by atoms with Crippen molar-refractivity contribution in [2.24, 2.45) is 11.3 Å². The Morgan fingerprint density at radius 1 is 1.31 bits per heavy atom. The molecule has 4 rings (SSSR count). The molecule has 36 heavy (non-hydrogen) atoms. The van der Waals surface area contributed by atoms with E-state index in [1.807, 2.05) is 13.8 Å². The van der Waals surface area contributed by atoms with E-state index in [-0.39, 0.29) is 47.6 Å². The van der Waals surface area contributed by atoms with E-state index in [0.29, 0.717) is 35.2 Å². The number of carbonyl (C=O) groups is 3. The van der Waals surface area contributed by atoms with Crippen molar-refractivity contribution in [2.45, 2.75) is 76.4 Å². The lowest BCUT2D eigenvalue weighted by Crippen LogP contribution is -2.53. The molecule has 3 aliphatic rings. The van der Waals surface area contributed by atoms with Crippen LogP contribution in [0.4, 0.5) is 0 Å². The summed E-state index contributed by atoms with van der Waals surface area (Å²) < 4.78 is 5.63. The van der Waals surface area contributed by atoms with Crippen molar-refractivity contribution in [1.29, 1.82) is 5.26 Å². The van der Waals surface area contributed by atoms with E-state index in [1.165, 1.54) is 6.07 Å². The predicted octanol–water partition coefficient (Wildman–Crippen LogP) is 3.85. The molecule has 0 bridgehead atoms. The molecule has 1 saturated carbocycles. The molecule has 2 N–H and O–H groups in total. The van der Waals surface area contributed by atoms with Crippen LogP contribution in [-0.4, -0.2) is 53.4 Å². The summed E-state index contributed by atoms with van der Waals surface area (Å²) >= 11 is 12.1. The lowest BCUT2D eigenvalue weighted by Gasteiger charge is -2.37. The standard InChI is InChI=1S/C26H32Cl2N4O4/c1-25(2)9-6-16(23(34)31-25)10-18(13-29)30-24(35)20-12-26(7-3-8-26)15-32(20)22(33)14-36-21-5-4-17(27)11-19(21)28/h4-5,11,16,18,20H,3,6-10,12,14-15H2,1-2H3,(H,30,35)(H,31,34)/t16-,18-,20-/m0/s1. The Balaban J connectivity index is 1.39. The van der Waals surface area contributed by atoms with Gasteiger partial charge in [0, 0.05) is 23.0 Å². The van der Waals surface area contributed by atoms with Crippen LogP contribution < -0.4 is 15.4 Å². The monoisotopic (exact) mass is 534 g/mol. The van der Waals surface area contributed by atoms with Crippen LogP contribution in [-0.2, 0) is 14.4 Å².